The second kappa shape index (κ2) is 7.98. The van der Waals surface area contributed by atoms with Gasteiger partial charge in [0.2, 0.25) is 0 Å². The monoisotopic (exact) mass is 348 g/mol. The van der Waals surface area contributed by atoms with E-state index >= 15 is 0 Å². The third-order valence-electron chi connectivity index (χ3n) is 3.02. The maximum Gasteiger partial charge on any atom is 0.136 e. The molecule has 0 unspecified atom stereocenters. The largest absolute Gasteiger partial charge is 0.370 e. The van der Waals surface area contributed by atoms with E-state index in [0.29, 0.717) is 0 Å². The summed E-state index contributed by atoms with van der Waals surface area (Å²) in [6, 6.07) is 9.96. The minimum Gasteiger partial charge on any atom is -0.370 e. The summed E-state index contributed by atoms with van der Waals surface area (Å²) in [7, 11) is 0. The zero-order chi connectivity index (χ0) is 15.1. The van der Waals surface area contributed by atoms with Crippen LogP contribution in [0.3, 0.4) is 0 Å². The molecule has 0 radical (unpaired) electrons. The molecule has 0 aliphatic carbocycles. The van der Waals surface area contributed by atoms with Crippen LogP contribution < -0.4 is 10.6 Å². The van der Waals surface area contributed by atoms with Crippen LogP contribution in [0.25, 0.3) is 0 Å². The zero-order valence-electron chi connectivity index (χ0n) is 12.5. The van der Waals surface area contributed by atoms with Crippen molar-refractivity contribution >= 4 is 33.3 Å². The highest BCUT2D eigenvalue weighted by molar-refractivity contribution is 9.10. The fraction of sp³-hybridized carbons (Fsp3) is 0.375. The van der Waals surface area contributed by atoms with Crippen molar-refractivity contribution in [1.82, 2.24) is 9.97 Å². The number of nitrogens with one attached hydrogen (secondary N) is 2. The molecule has 0 aliphatic heterocycles. The van der Waals surface area contributed by atoms with Crippen molar-refractivity contribution in [1.29, 1.82) is 0 Å². The van der Waals surface area contributed by atoms with Crippen LogP contribution in [0, 0.1) is 6.92 Å². The third kappa shape index (κ3) is 5.34. The van der Waals surface area contributed by atoms with Crippen LogP contribution in [0.5, 0.6) is 0 Å². The molecule has 0 saturated heterocycles. The molecular formula is C16H21BrN4. The van der Waals surface area contributed by atoms with Crippen molar-refractivity contribution in [2.45, 2.75) is 33.1 Å². The Hall–Kier alpha value is -1.62. The first-order chi connectivity index (χ1) is 10.2. The van der Waals surface area contributed by atoms with E-state index in [1.807, 2.05) is 37.3 Å². The summed E-state index contributed by atoms with van der Waals surface area (Å²) in [4.78, 5) is 8.84. The van der Waals surface area contributed by atoms with Gasteiger partial charge in [0.05, 0.1) is 0 Å². The van der Waals surface area contributed by atoms with Gasteiger partial charge in [-0.25, -0.2) is 9.97 Å². The van der Waals surface area contributed by atoms with E-state index in [0.717, 1.165) is 40.6 Å². The summed E-state index contributed by atoms with van der Waals surface area (Å²) in [6.45, 7) is 5.05. The molecule has 0 atom stereocenters. The second-order valence-corrected chi connectivity index (χ2v) is 5.87. The molecule has 0 aliphatic rings. The molecule has 2 N–H and O–H groups in total. The van der Waals surface area contributed by atoms with E-state index in [9.17, 15) is 0 Å². The van der Waals surface area contributed by atoms with Crippen LogP contribution in [0.15, 0.2) is 34.8 Å². The highest BCUT2D eigenvalue weighted by atomic mass is 79.9. The fourth-order valence-corrected chi connectivity index (χ4v) is 2.43. The predicted molar refractivity (Wildman–Crippen MR) is 92.2 cm³/mol. The molecule has 2 rings (SSSR count). The van der Waals surface area contributed by atoms with Crippen LogP contribution in [-0.4, -0.2) is 16.5 Å². The first kappa shape index (κ1) is 15.8. The Morgan fingerprint density at radius 1 is 1.10 bits per heavy atom. The standard InChI is InChI=1S/C16H21BrN4/c1-3-4-5-9-18-15-11-16(20-12(2)19-15)21-14-8-6-7-13(17)10-14/h6-8,10-11H,3-5,9H2,1-2H3,(H2,18,19,20,21). The highest BCUT2D eigenvalue weighted by Gasteiger charge is 2.02. The van der Waals surface area contributed by atoms with Gasteiger partial charge in [0.25, 0.3) is 0 Å². The molecule has 5 heteroatoms. The predicted octanol–water partition coefficient (Wildman–Crippen LogP) is 4.89. The van der Waals surface area contributed by atoms with E-state index in [1.54, 1.807) is 0 Å². The van der Waals surface area contributed by atoms with E-state index in [2.05, 4.69) is 43.5 Å². The molecule has 0 fully saturated rings. The van der Waals surface area contributed by atoms with E-state index in [1.165, 1.54) is 12.8 Å². The van der Waals surface area contributed by atoms with Gasteiger partial charge in [-0.15, -0.1) is 0 Å². The lowest BCUT2D eigenvalue weighted by atomic mass is 10.2. The number of aromatic nitrogens is 2. The topological polar surface area (TPSA) is 49.8 Å². The molecule has 0 saturated carbocycles. The Morgan fingerprint density at radius 2 is 1.90 bits per heavy atom. The Bertz CT molecular complexity index is 586. The lowest BCUT2D eigenvalue weighted by Crippen LogP contribution is -2.06. The number of rotatable bonds is 7. The molecule has 4 nitrogen and oxygen atoms in total. The van der Waals surface area contributed by atoms with Crippen LogP contribution >= 0.6 is 15.9 Å². The van der Waals surface area contributed by atoms with Gasteiger partial charge in [-0.3, -0.25) is 0 Å². The number of hydrogen-bond acceptors (Lipinski definition) is 4. The summed E-state index contributed by atoms with van der Waals surface area (Å²) in [5, 5.41) is 6.66. The third-order valence-corrected chi connectivity index (χ3v) is 3.51. The van der Waals surface area contributed by atoms with Gasteiger partial charge in [-0.1, -0.05) is 41.8 Å². The fourth-order valence-electron chi connectivity index (χ4n) is 2.03. The SMILES string of the molecule is CCCCCNc1cc(Nc2cccc(Br)c2)nc(C)n1. The van der Waals surface area contributed by atoms with Crippen molar-refractivity contribution in [3.05, 3.63) is 40.6 Å². The van der Waals surface area contributed by atoms with Gasteiger partial charge in [0.15, 0.2) is 0 Å². The second-order valence-electron chi connectivity index (χ2n) is 4.95. The van der Waals surface area contributed by atoms with E-state index in [4.69, 9.17) is 0 Å². The lowest BCUT2D eigenvalue weighted by Gasteiger charge is -2.10. The van der Waals surface area contributed by atoms with Crippen molar-refractivity contribution in [2.75, 3.05) is 17.2 Å². The summed E-state index contributed by atoms with van der Waals surface area (Å²) < 4.78 is 1.04. The average Bonchev–Trinajstić information content (AvgIpc) is 2.43. The number of nitrogens with zero attached hydrogens (tertiary/aromatic N) is 2. The summed E-state index contributed by atoms with van der Waals surface area (Å²) in [6.07, 6.45) is 3.62. The van der Waals surface area contributed by atoms with E-state index < -0.39 is 0 Å². The van der Waals surface area contributed by atoms with E-state index in [-0.39, 0.29) is 0 Å². The van der Waals surface area contributed by atoms with Crippen LogP contribution in [-0.2, 0) is 0 Å². The van der Waals surface area contributed by atoms with Crippen molar-refractivity contribution < 1.29 is 0 Å². The molecule has 0 spiro atoms. The van der Waals surface area contributed by atoms with Gasteiger partial charge in [0.1, 0.15) is 17.5 Å². The molecule has 21 heavy (non-hydrogen) atoms. The van der Waals surface area contributed by atoms with Crippen LogP contribution in [0.2, 0.25) is 0 Å². The van der Waals surface area contributed by atoms with Gasteiger partial charge in [0, 0.05) is 22.8 Å². The number of anilines is 3. The number of unbranched alkanes of at least 4 members (excludes halogenated alkanes) is 2. The van der Waals surface area contributed by atoms with Crippen molar-refractivity contribution in [3.63, 3.8) is 0 Å². The first-order valence-electron chi connectivity index (χ1n) is 7.29. The number of halogens is 1. The smallest absolute Gasteiger partial charge is 0.136 e. The average molecular weight is 349 g/mol. The quantitative estimate of drug-likeness (QED) is 0.699. The lowest BCUT2D eigenvalue weighted by molar-refractivity contribution is 0.742. The summed E-state index contributed by atoms with van der Waals surface area (Å²) >= 11 is 3.47. The zero-order valence-corrected chi connectivity index (χ0v) is 14.1. The van der Waals surface area contributed by atoms with Gasteiger partial charge < -0.3 is 10.6 Å². The normalized spacial score (nSPS) is 10.4. The minimum absolute atomic E-state index is 0.757. The van der Waals surface area contributed by atoms with Crippen LogP contribution in [0.1, 0.15) is 32.0 Å². The Kier molecular flexibility index (Phi) is 5.99. The van der Waals surface area contributed by atoms with Crippen molar-refractivity contribution in [3.8, 4) is 0 Å². The number of benzene rings is 1. The molecule has 112 valence electrons. The molecule has 1 aromatic heterocycles. The summed E-state index contributed by atoms with van der Waals surface area (Å²) in [5.41, 5.74) is 0.999. The molecule has 1 heterocycles. The number of hydrogen-bond donors (Lipinski definition) is 2. The molecule has 1 aromatic carbocycles. The Morgan fingerprint density at radius 3 is 2.67 bits per heavy atom. The maximum atomic E-state index is 4.43. The van der Waals surface area contributed by atoms with Gasteiger partial charge >= 0.3 is 0 Å². The van der Waals surface area contributed by atoms with Gasteiger partial charge in [-0.2, -0.15) is 0 Å². The maximum absolute atomic E-state index is 4.43. The molecule has 0 bridgehead atoms. The molecule has 0 amide bonds. The number of aryl methyl sites for hydroxylation is 1. The first-order valence-corrected chi connectivity index (χ1v) is 8.09. The minimum atomic E-state index is 0.757. The highest BCUT2D eigenvalue weighted by Crippen LogP contribution is 2.20. The molecular weight excluding hydrogens is 328 g/mol. The van der Waals surface area contributed by atoms with Crippen molar-refractivity contribution in [2.24, 2.45) is 0 Å². The van der Waals surface area contributed by atoms with Gasteiger partial charge in [-0.05, 0) is 31.5 Å². The summed E-state index contributed by atoms with van der Waals surface area (Å²) in [5.74, 6) is 2.43. The molecule has 2 aromatic rings. The van der Waals surface area contributed by atoms with Crippen LogP contribution in [0.4, 0.5) is 17.3 Å². The Labute approximate surface area is 134 Å². The Balaban J connectivity index is 2.04.